The molecule has 0 saturated carbocycles. The van der Waals surface area contributed by atoms with Crippen molar-refractivity contribution in [3.63, 3.8) is 0 Å². The maximum Gasteiger partial charge on any atom is 0.421 e. The van der Waals surface area contributed by atoms with E-state index in [0.29, 0.717) is 16.9 Å². The highest BCUT2D eigenvalue weighted by Crippen LogP contribution is 2.34. The molecule has 0 unspecified atom stereocenters. The highest BCUT2D eigenvalue weighted by molar-refractivity contribution is 5.87. The molecule has 3 aromatic heterocycles. The van der Waals surface area contributed by atoms with Crippen LogP contribution in [0.5, 0.6) is 5.88 Å². The van der Waals surface area contributed by atoms with Gasteiger partial charge in [0.25, 0.3) is 0 Å². The van der Waals surface area contributed by atoms with Gasteiger partial charge < -0.3 is 10.1 Å². The minimum absolute atomic E-state index is 0.0294. The highest BCUT2D eigenvalue weighted by atomic mass is 19.4. The van der Waals surface area contributed by atoms with E-state index in [2.05, 4.69) is 25.4 Å². The van der Waals surface area contributed by atoms with E-state index in [4.69, 9.17) is 4.74 Å². The molecule has 0 amide bonds. The quantitative estimate of drug-likeness (QED) is 0.497. The molecule has 4 rings (SSSR count). The van der Waals surface area contributed by atoms with Crippen LogP contribution >= 0.6 is 0 Å². The first-order valence-corrected chi connectivity index (χ1v) is 8.67. The Hall–Kier alpha value is -3.69. The Labute approximate surface area is 163 Å². The van der Waals surface area contributed by atoms with E-state index < -0.39 is 17.6 Å². The summed E-state index contributed by atoms with van der Waals surface area (Å²) >= 11 is 0. The summed E-state index contributed by atoms with van der Waals surface area (Å²) in [7, 11) is 0. The maximum atomic E-state index is 13.0. The zero-order valence-electron chi connectivity index (χ0n) is 15.0. The molecule has 1 aromatic carbocycles. The van der Waals surface area contributed by atoms with Gasteiger partial charge >= 0.3 is 6.18 Å². The van der Waals surface area contributed by atoms with Crippen molar-refractivity contribution in [2.75, 3.05) is 18.5 Å². The van der Waals surface area contributed by atoms with Gasteiger partial charge in [0.05, 0.1) is 23.8 Å². The molecule has 4 aromatic rings. The maximum absolute atomic E-state index is 13.0. The van der Waals surface area contributed by atoms with E-state index in [1.54, 1.807) is 10.9 Å². The molecule has 10 heteroatoms. The predicted molar refractivity (Wildman–Crippen MR) is 99.9 cm³/mol. The number of halogens is 3. The number of alkyl halides is 3. The molecule has 0 radical (unpaired) electrons. The fourth-order valence-corrected chi connectivity index (χ4v) is 2.78. The Bertz CT molecular complexity index is 1110. The molecule has 148 valence electrons. The molecule has 0 saturated heterocycles. The molecule has 0 aliphatic heterocycles. The number of hydrogen-bond acceptors (Lipinski definition) is 6. The molecule has 0 spiro atoms. The van der Waals surface area contributed by atoms with Crippen LogP contribution in [0.25, 0.3) is 16.7 Å². The van der Waals surface area contributed by atoms with E-state index in [0.717, 1.165) is 11.8 Å². The summed E-state index contributed by atoms with van der Waals surface area (Å²) in [6.45, 7) is 0.189. The number of hydrogen-bond donors (Lipinski definition) is 1. The number of nitrogens with one attached hydrogen (secondary N) is 1. The Morgan fingerprint density at radius 2 is 1.83 bits per heavy atom. The number of benzene rings is 1. The van der Waals surface area contributed by atoms with Crippen molar-refractivity contribution in [1.29, 1.82) is 0 Å². The van der Waals surface area contributed by atoms with Gasteiger partial charge in [-0.1, -0.05) is 18.2 Å². The summed E-state index contributed by atoms with van der Waals surface area (Å²) in [6.07, 6.45) is -0.245. The third-order valence-electron chi connectivity index (χ3n) is 4.08. The molecule has 29 heavy (non-hydrogen) atoms. The molecule has 1 N–H and O–H groups in total. The summed E-state index contributed by atoms with van der Waals surface area (Å²) in [5.74, 6) is 0.0596. The van der Waals surface area contributed by atoms with Gasteiger partial charge in [-0.05, 0) is 24.3 Å². The van der Waals surface area contributed by atoms with Crippen molar-refractivity contribution in [3.8, 4) is 11.6 Å². The lowest BCUT2D eigenvalue weighted by molar-refractivity contribution is -0.139. The zero-order valence-corrected chi connectivity index (χ0v) is 15.0. The number of pyridine rings is 1. The van der Waals surface area contributed by atoms with E-state index in [-0.39, 0.29) is 13.2 Å². The van der Waals surface area contributed by atoms with Crippen molar-refractivity contribution >= 4 is 16.9 Å². The number of ether oxygens (including phenoxy) is 1. The van der Waals surface area contributed by atoms with Gasteiger partial charge in [0.2, 0.25) is 5.88 Å². The summed E-state index contributed by atoms with van der Waals surface area (Å²) < 4.78 is 45.8. The number of rotatable bonds is 6. The smallest absolute Gasteiger partial charge is 0.421 e. The van der Waals surface area contributed by atoms with Gasteiger partial charge in [-0.15, -0.1) is 0 Å². The average Bonchev–Trinajstić information content (AvgIpc) is 3.16. The van der Waals surface area contributed by atoms with E-state index in [9.17, 15) is 13.2 Å². The minimum Gasteiger partial charge on any atom is -0.475 e. The second-order valence-corrected chi connectivity index (χ2v) is 5.98. The number of anilines is 1. The Morgan fingerprint density at radius 1 is 1.00 bits per heavy atom. The van der Waals surface area contributed by atoms with Crippen LogP contribution in [-0.4, -0.2) is 37.9 Å². The molecule has 0 aliphatic rings. The standard InChI is InChI=1S/C19H15F3N6O/c20-19(21,22)15-7-4-8-24-18(15)29-10-9-23-16-14-11-27-28(17(14)26-12-25-16)13-5-2-1-3-6-13/h1-8,11-12H,9-10H2,(H,23,25,26). The van der Waals surface area contributed by atoms with Gasteiger partial charge in [-0.3, -0.25) is 0 Å². The van der Waals surface area contributed by atoms with Gasteiger partial charge in [0, 0.05) is 6.20 Å². The molecule has 0 atom stereocenters. The largest absolute Gasteiger partial charge is 0.475 e. The average molecular weight is 400 g/mol. The first-order valence-electron chi connectivity index (χ1n) is 8.67. The summed E-state index contributed by atoms with van der Waals surface area (Å²) in [6, 6.07) is 11.7. The van der Waals surface area contributed by atoms with Crippen LogP contribution < -0.4 is 10.1 Å². The van der Waals surface area contributed by atoms with Crippen LogP contribution in [0.4, 0.5) is 19.0 Å². The molecular formula is C19H15F3N6O. The van der Waals surface area contributed by atoms with Crippen molar-refractivity contribution in [2.24, 2.45) is 0 Å². The minimum atomic E-state index is -4.53. The molecule has 3 heterocycles. The monoisotopic (exact) mass is 400 g/mol. The van der Waals surface area contributed by atoms with E-state index >= 15 is 0 Å². The number of fused-ring (bicyclic) bond motifs is 1. The van der Waals surface area contributed by atoms with Crippen molar-refractivity contribution in [3.05, 3.63) is 66.7 Å². The van der Waals surface area contributed by atoms with Gasteiger partial charge in [-0.25, -0.2) is 19.6 Å². The lowest BCUT2D eigenvalue weighted by atomic mass is 10.2. The fourth-order valence-electron chi connectivity index (χ4n) is 2.78. The SMILES string of the molecule is FC(F)(F)c1cccnc1OCCNc1ncnc2c1cnn2-c1ccccc1. The van der Waals surface area contributed by atoms with Crippen molar-refractivity contribution in [2.45, 2.75) is 6.18 Å². The molecular weight excluding hydrogens is 385 g/mol. The van der Waals surface area contributed by atoms with E-state index in [1.807, 2.05) is 30.3 Å². The third kappa shape index (κ3) is 3.96. The lowest BCUT2D eigenvalue weighted by Gasteiger charge is -2.13. The third-order valence-corrected chi connectivity index (χ3v) is 4.08. The van der Waals surface area contributed by atoms with Crippen LogP contribution in [0.15, 0.2) is 61.2 Å². The number of para-hydroxylation sites is 1. The first kappa shape index (κ1) is 18.7. The Balaban J connectivity index is 1.46. The Kier molecular flexibility index (Phi) is 4.98. The summed E-state index contributed by atoms with van der Waals surface area (Å²) in [5.41, 5.74) is 0.553. The predicted octanol–water partition coefficient (Wildman–Crippen LogP) is 3.72. The van der Waals surface area contributed by atoms with Crippen LogP contribution in [0.3, 0.4) is 0 Å². The lowest BCUT2D eigenvalue weighted by Crippen LogP contribution is -2.16. The second-order valence-electron chi connectivity index (χ2n) is 5.98. The normalized spacial score (nSPS) is 11.6. The number of nitrogens with zero attached hydrogens (tertiary/aromatic N) is 5. The van der Waals surface area contributed by atoms with E-state index in [1.165, 1.54) is 18.6 Å². The zero-order chi connectivity index (χ0) is 20.3. The number of aromatic nitrogens is 5. The van der Waals surface area contributed by atoms with Gasteiger partial charge in [-0.2, -0.15) is 18.3 Å². The van der Waals surface area contributed by atoms with Gasteiger partial charge in [0.1, 0.15) is 24.3 Å². The summed E-state index contributed by atoms with van der Waals surface area (Å²) in [5, 5.41) is 8.08. The highest BCUT2D eigenvalue weighted by Gasteiger charge is 2.35. The summed E-state index contributed by atoms with van der Waals surface area (Å²) in [4.78, 5) is 12.1. The fraction of sp³-hybridized carbons (Fsp3) is 0.158. The first-order chi connectivity index (χ1) is 14.0. The molecule has 0 bridgehead atoms. The topological polar surface area (TPSA) is 77.8 Å². The second kappa shape index (κ2) is 7.74. The molecule has 0 aliphatic carbocycles. The molecule has 0 fully saturated rings. The van der Waals surface area contributed by atoms with Crippen LogP contribution in [0, 0.1) is 0 Å². The van der Waals surface area contributed by atoms with Crippen molar-refractivity contribution in [1.82, 2.24) is 24.7 Å². The molecule has 7 nitrogen and oxygen atoms in total. The van der Waals surface area contributed by atoms with Crippen LogP contribution in [0.1, 0.15) is 5.56 Å². The van der Waals surface area contributed by atoms with Crippen molar-refractivity contribution < 1.29 is 17.9 Å². The van der Waals surface area contributed by atoms with Gasteiger partial charge in [0.15, 0.2) is 5.65 Å². The van der Waals surface area contributed by atoms with Crippen LogP contribution in [0.2, 0.25) is 0 Å². The Morgan fingerprint density at radius 3 is 2.62 bits per heavy atom. The van der Waals surface area contributed by atoms with Crippen LogP contribution in [-0.2, 0) is 6.18 Å².